The van der Waals surface area contributed by atoms with Gasteiger partial charge in [0.15, 0.2) is 0 Å². The molecule has 0 fully saturated rings. The number of hydrogen-bond acceptors (Lipinski definition) is 2. The van der Waals surface area contributed by atoms with Crippen molar-refractivity contribution in [3.63, 3.8) is 0 Å². The van der Waals surface area contributed by atoms with E-state index in [4.69, 9.17) is 0 Å². The van der Waals surface area contributed by atoms with Gasteiger partial charge in [-0.1, -0.05) is 6.07 Å². The molecule has 0 bridgehead atoms. The van der Waals surface area contributed by atoms with Gasteiger partial charge < -0.3 is 5.32 Å². The fourth-order valence-corrected chi connectivity index (χ4v) is 1.12. The Kier molecular flexibility index (Phi) is 3.27. The molecule has 0 aliphatic carbocycles. The Labute approximate surface area is 83.9 Å². The predicted octanol–water partition coefficient (Wildman–Crippen LogP) is 1.44. The summed E-state index contributed by atoms with van der Waals surface area (Å²) < 4.78 is 0.849. The first-order valence-corrected chi connectivity index (χ1v) is 4.41. The van der Waals surface area contributed by atoms with Crippen molar-refractivity contribution in [1.29, 1.82) is 0 Å². The number of carbonyl (C=O) groups is 1. The van der Waals surface area contributed by atoms with E-state index in [9.17, 15) is 4.79 Å². The van der Waals surface area contributed by atoms with E-state index < -0.39 is 0 Å². The lowest BCUT2D eigenvalue weighted by Crippen LogP contribution is -2.24. The van der Waals surface area contributed by atoms with Crippen LogP contribution >= 0.6 is 22.6 Å². The van der Waals surface area contributed by atoms with Crippen molar-refractivity contribution >= 4 is 34.4 Å². The zero-order valence-corrected chi connectivity index (χ0v) is 8.62. The van der Waals surface area contributed by atoms with E-state index >= 15 is 0 Å². The van der Waals surface area contributed by atoms with Gasteiger partial charge >= 0.3 is 6.03 Å². The Hall–Kier alpha value is -0.850. The minimum absolute atomic E-state index is 0.260. The normalized spacial score (nSPS) is 9.17. The molecule has 0 aromatic carbocycles. The number of nitrogens with zero attached hydrogens (tertiary/aromatic N) is 1. The topological polar surface area (TPSA) is 54.0 Å². The lowest BCUT2D eigenvalue weighted by Gasteiger charge is -2.02. The SMILES string of the molecule is CNC(=O)Nc1cccc(I)n1. The lowest BCUT2D eigenvalue weighted by atomic mass is 10.5. The van der Waals surface area contributed by atoms with E-state index in [0.717, 1.165) is 3.70 Å². The van der Waals surface area contributed by atoms with Gasteiger partial charge in [-0.2, -0.15) is 0 Å². The highest BCUT2D eigenvalue weighted by Crippen LogP contribution is 2.05. The standard InChI is InChI=1S/C7H8IN3O/c1-9-7(12)11-6-4-2-3-5(8)10-6/h2-4H,1H3,(H2,9,10,11,12). The van der Waals surface area contributed by atoms with Crippen LogP contribution in [0.25, 0.3) is 0 Å². The van der Waals surface area contributed by atoms with Crippen molar-refractivity contribution in [2.24, 2.45) is 0 Å². The van der Waals surface area contributed by atoms with E-state index in [-0.39, 0.29) is 6.03 Å². The number of anilines is 1. The highest BCUT2D eigenvalue weighted by Gasteiger charge is 1.98. The van der Waals surface area contributed by atoms with E-state index in [2.05, 4.69) is 38.2 Å². The smallest absolute Gasteiger partial charge is 0.320 e. The van der Waals surface area contributed by atoms with Gasteiger partial charge in [-0.15, -0.1) is 0 Å². The van der Waals surface area contributed by atoms with Crippen LogP contribution in [0.4, 0.5) is 10.6 Å². The summed E-state index contributed by atoms with van der Waals surface area (Å²) in [5, 5.41) is 5.01. The molecule has 0 spiro atoms. The summed E-state index contributed by atoms with van der Waals surface area (Å²) in [5.41, 5.74) is 0. The van der Waals surface area contributed by atoms with Crippen LogP contribution < -0.4 is 10.6 Å². The zero-order valence-electron chi connectivity index (χ0n) is 6.47. The second-order valence-corrected chi connectivity index (χ2v) is 3.15. The summed E-state index contributed by atoms with van der Waals surface area (Å²) in [6.07, 6.45) is 0. The number of pyridine rings is 1. The third-order valence-corrected chi connectivity index (χ3v) is 1.78. The lowest BCUT2D eigenvalue weighted by molar-refractivity contribution is 0.254. The molecule has 0 saturated heterocycles. The average Bonchev–Trinajstić information content (AvgIpc) is 2.04. The molecule has 1 aromatic rings. The number of nitrogens with one attached hydrogen (secondary N) is 2. The summed E-state index contributed by atoms with van der Waals surface area (Å²) in [5.74, 6) is 0.557. The summed E-state index contributed by atoms with van der Waals surface area (Å²) in [6, 6.07) is 5.16. The van der Waals surface area contributed by atoms with Crippen molar-refractivity contribution in [3.05, 3.63) is 21.9 Å². The number of amides is 2. The van der Waals surface area contributed by atoms with Crippen molar-refractivity contribution in [3.8, 4) is 0 Å². The molecule has 1 heterocycles. The molecule has 2 amide bonds. The number of aromatic nitrogens is 1. The maximum absolute atomic E-state index is 10.8. The molecule has 4 nitrogen and oxygen atoms in total. The van der Waals surface area contributed by atoms with Gasteiger partial charge in [-0.25, -0.2) is 9.78 Å². The average molecular weight is 277 g/mol. The fourth-order valence-electron chi connectivity index (χ4n) is 0.657. The Morgan fingerprint density at radius 3 is 2.92 bits per heavy atom. The van der Waals surface area contributed by atoms with Gasteiger partial charge in [0.25, 0.3) is 0 Å². The first-order valence-electron chi connectivity index (χ1n) is 3.33. The first kappa shape index (κ1) is 9.24. The molecule has 0 radical (unpaired) electrons. The summed E-state index contributed by atoms with van der Waals surface area (Å²) in [4.78, 5) is 14.9. The van der Waals surface area contributed by atoms with Crippen molar-refractivity contribution < 1.29 is 4.79 Å². The van der Waals surface area contributed by atoms with Crippen LogP contribution in [-0.2, 0) is 0 Å². The van der Waals surface area contributed by atoms with Gasteiger partial charge in [0.2, 0.25) is 0 Å². The van der Waals surface area contributed by atoms with Gasteiger partial charge in [0.05, 0.1) is 0 Å². The Balaban J connectivity index is 2.69. The first-order chi connectivity index (χ1) is 5.72. The molecule has 1 aromatic heterocycles. The molecule has 12 heavy (non-hydrogen) atoms. The predicted molar refractivity (Wildman–Crippen MR) is 55.0 cm³/mol. The highest BCUT2D eigenvalue weighted by molar-refractivity contribution is 14.1. The van der Waals surface area contributed by atoms with Crippen LogP contribution in [0, 0.1) is 3.70 Å². The van der Waals surface area contributed by atoms with Crippen LogP contribution in [0.3, 0.4) is 0 Å². The molecule has 5 heteroatoms. The molecule has 0 aliphatic heterocycles. The molecule has 0 unspecified atom stereocenters. The fraction of sp³-hybridized carbons (Fsp3) is 0.143. The quantitative estimate of drug-likeness (QED) is 0.603. The Morgan fingerprint density at radius 2 is 2.33 bits per heavy atom. The second-order valence-electron chi connectivity index (χ2n) is 2.05. The van der Waals surface area contributed by atoms with Crippen LogP contribution in [0.15, 0.2) is 18.2 Å². The molecule has 2 N–H and O–H groups in total. The number of carbonyl (C=O) groups excluding carboxylic acids is 1. The molecular weight excluding hydrogens is 269 g/mol. The van der Waals surface area contributed by atoms with Crippen LogP contribution in [0.2, 0.25) is 0 Å². The maximum Gasteiger partial charge on any atom is 0.320 e. The minimum Gasteiger partial charge on any atom is -0.341 e. The van der Waals surface area contributed by atoms with Crippen LogP contribution in [0.1, 0.15) is 0 Å². The third-order valence-electron chi connectivity index (χ3n) is 1.18. The van der Waals surface area contributed by atoms with Gasteiger partial charge in [0.1, 0.15) is 9.52 Å². The molecule has 0 saturated carbocycles. The van der Waals surface area contributed by atoms with Crippen molar-refractivity contribution in [2.75, 3.05) is 12.4 Å². The number of halogens is 1. The van der Waals surface area contributed by atoms with Gasteiger partial charge in [-0.3, -0.25) is 5.32 Å². The second kappa shape index (κ2) is 4.24. The van der Waals surface area contributed by atoms with E-state index in [1.54, 1.807) is 13.1 Å². The number of urea groups is 1. The number of rotatable bonds is 1. The monoisotopic (exact) mass is 277 g/mol. The maximum atomic E-state index is 10.8. The molecule has 0 atom stereocenters. The van der Waals surface area contributed by atoms with E-state index in [1.807, 2.05) is 12.1 Å². The van der Waals surface area contributed by atoms with E-state index in [0.29, 0.717) is 5.82 Å². The van der Waals surface area contributed by atoms with Crippen LogP contribution in [0.5, 0.6) is 0 Å². The number of hydrogen-bond donors (Lipinski definition) is 2. The third kappa shape index (κ3) is 2.65. The van der Waals surface area contributed by atoms with Crippen molar-refractivity contribution in [2.45, 2.75) is 0 Å². The highest BCUT2D eigenvalue weighted by atomic mass is 127. The molecular formula is C7H8IN3O. The van der Waals surface area contributed by atoms with Gasteiger partial charge in [0, 0.05) is 7.05 Å². The summed E-state index contributed by atoms with van der Waals surface area (Å²) >= 11 is 2.08. The largest absolute Gasteiger partial charge is 0.341 e. The summed E-state index contributed by atoms with van der Waals surface area (Å²) in [7, 11) is 1.56. The Bertz CT molecular complexity index is 290. The summed E-state index contributed by atoms with van der Waals surface area (Å²) in [6.45, 7) is 0. The Morgan fingerprint density at radius 1 is 1.58 bits per heavy atom. The van der Waals surface area contributed by atoms with E-state index in [1.165, 1.54) is 0 Å². The van der Waals surface area contributed by atoms with Crippen molar-refractivity contribution in [1.82, 2.24) is 10.3 Å². The molecule has 0 aliphatic rings. The molecule has 64 valence electrons. The minimum atomic E-state index is -0.260. The zero-order chi connectivity index (χ0) is 8.97. The molecule has 1 rings (SSSR count). The van der Waals surface area contributed by atoms with Crippen LogP contribution in [-0.4, -0.2) is 18.1 Å². The van der Waals surface area contributed by atoms with Gasteiger partial charge in [-0.05, 0) is 34.7 Å².